The van der Waals surface area contributed by atoms with Crippen molar-refractivity contribution >= 4 is 17.4 Å². The van der Waals surface area contributed by atoms with E-state index in [0.717, 1.165) is 12.1 Å². The summed E-state index contributed by atoms with van der Waals surface area (Å²) in [7, 11) is 0. The summed E-state index contributed by atoms with van der Waals surface area (Å²) in [6.45, 7) is 0.442. The molecule has 0 aliphatic carbocycles. The van der Waals surface area contributed by atoms with Crippen molar-refractivity contribution in [3.05, 3.63) is 53.9 Å². The van der Waals surface area contributed by atoms with E-state index in [0.29, 0.717) is 11.5 Å². The summed E-state index contributed by atoms with van der Waals surface area (Å²) in [6, 6.07) is 6.66. The van der Waals surface area contributed by atoms with Crippen molar-refractivity contribution in [2.75, 3.05) is 18.0 Å². The molecular formula is C16H13F2N5O2. The van der Waals surface area contributed by atoms with Gasteiger partial charge in [0, 0.05) is 25.1 Å². The average Bonchev–Trinajstić information content (AvgIpc) is 3.21. The number of fused-ring (bicyclic) bond motifs is 1. The van der Waals surface area contributed by atoms with Crippen molar-refractivity contribution in [1.29, 1.82) is 0 Å². The number of anilines is 1. The summed E-state index contributed by atoms with van der Waals surface area (Å²) in [5.74, 6) is -3.33. The minimum Gasteiger partial charge on any atom is -0.481 e. The molecule has 9 heteroatoms. The molecule has 1 aliphatic rings. The van der Waals surface area contributed by atoms with E-state index < -0.39 is 29.4 Å². The number of halogens is 2. The molecule has 25 heavy (non-hydrogen) atoms. The molecule has 1 fully saturated rings. The Hall–Kier alpha value is -3.10. The van der Waals surface area contributed by atoms with Crippen LogP contribution in [0, 0.1) is 17.6 Å². The number of hydrogen-bond acceptors (Lipinski definition) is 5. The maximum atomic E-state index is 14.1. The van der Waals surface area contributed by atoms with Gasteiger partial charge in [0.15, 0.2) is 5.65 Å². The van der Waals surface area contributed by atoms with Crippen molar-refractivity contribution in [2.24, 2.45) is 5.92 Å². The molecule has 7 nitrogen and oxygen atoms in total. The lowest BCUT2D eigenvalue weighted by atomic mass is 9.88. The fraction of sp³-hybridized carbons (Fsp3) is 0.250. The monoisotopic (exact) mass is 345 g/mol. The van der Waals surface area contributed by atoms with E-state index >= 15 is 0 Å². The molecular weight excluding hydrogens is 332 g/mol. The van der Waals surface area contributed by atoms with Crippen LogP contribution in [0.2, 0.25) is 0 Å². The van der Waals surface area contributed by atoms with Crippen LogP contribution in [0.1, 0.15) is 11.5 Å². The van der Waals surface area contributed by atoms with Crippen LogP contribution >= 0.6 is 0 Å². The van der Waals surface area contributed by atoms with Crippen LogP contribution in [0.25, 0.3) is 5.65 Å². The second-order valence-electron chi connectivity index (χ2n) is 5.95. The Labute approximate surface area is 140 Å². The molecule has 0 radical (unpaired) electrons. The number of aliphatic carboxylic acids is 1. The van der Waals surface area contributed by atoms with E-state index in [4.69, 9.17) is 0 Å². The largest absolute Gasteiger partial charge is 0.481 e. The second-order valence-corrected chi connectivity index (χ2v) is 5.95. The molecule has 4 rings (SSSR count). The normalized spacial score (nSPS) is 20.3. The topological polar surface area (TPSA) is 83.6 Å². The maximum absolute atomic E-state index is 14.1. The first-order valence-electron chi connectivity index (χ1n) is 7.62. The fourth-order valence-corrected chi connectivity index (χ4v) is 3.25. The van der Waals surface area contributed by atoms with Gasteiger partial charge in [-0.2, -0.15) is 4.52 Å². The highest BCUT2D eigenvalue weighted by Crippen LogP contribution is 2.36. The van der Waals surface area contributed by atoms with Gasteiger partial charge in [-0.25, -0.2) is 8.78 Å². The van der Waals surface area contributed by atoms with Crippen LogP contribution in [0.4, 0.5) is 14.6 Å². The van der Waals surface area contributed by atoms with Crippen LogP contribution in [0.3, 0.4) is 0 Å². The number of carboxylic acids is 1. The van der Waals surface area contributed by atoms with Gasteiger partial charge in [-0.05, 0) is 23.8 Å². The summed E-state index contributed by atoms with van der Waals surface area (Å²) in [6.07, 6.45) is 1.45. The smallest absolute Gasteiger partial charge is 0.308 e. The van der Waals surface area contributed by atoms with Gasteiger partial charge in [-0.3, -0.25) is 4.79 Å². The molecule has 2 atom stereocenters. The molecule has 0 saturated carbocycles. The van der Waals surface area contributed by atoms with E-state index in [2.05, 4.69) is 15.3 Å². The standard InChI is InChI=1S/C16H13F2N5O2/c17-9-1-2-10(13(18)5-9)11-6-22(7-12(11)16(24)25)15-4-3-14-20-19-8-23(14)21-15/h1-5,8,11-12H,6-7H2,(H,24,25). The molecule has 3 aromatic rings. The SMILES string of the molecule is O=C(O)C1CN(c2ccc3nncn3n2)CC1c1ccc(F)cc1F. The first kappa shape index (κ1) is 15.4. The molecule has 1 aliphatic heterocycles. The Morgan fingerprint density at radius 3 is 2.80 bits per heavy atom. The van der Waals surface area contributed by atoms with Gasteiger partial charge in [0.2, 0.25) is 0 Å². The van der Waals surface area contributed by atoms with Gasteiger partial charge in [0.25, 0.3) is 0 Å². The number of aromatic nitrogens is 4. The molecule has 128 valence electrons. The molecule has 3 heterocycles. The predicted octanol–water partition coefficient (Wildman–Crippen LogP) is 1.71. The number of hydrogen-bond donors (Lipinski definition) is 1. The molecule has 0 amide bonds. The quantitative estimate of drug-likeness (QED) is 0.778. The highest BCUT2D eigenvalue weighted by atomic mass is 19.1. The molecule has 0 bridgehead atoms. The number of rotatable bonds is 3. The summed E-state index contributed by atoms with van der Waals surface area (Å²) in [5, 5.41) is 21.5. The first-order valence-corrected chi connectivity index (χ1v) is 7.62. The van der Waals surface area contributed by atoms with Crippen LogP contribution in [0.5, 0.6) is 0 Å². The third kappa shape index (κ3) is 2.67. The van der Waals surface area contributed by atoms with E-state index in [1.807, 2.05) is 0 Å². The van der Waals surface area contributed by atoms with Crippen LogP contribution in [-0.2, 0) is 4.79 Å². The maximum Gasteiger partial charge on any atom is 0.308 e. The molecule has 2 unspecified atom stereocenters. The number of benzene rings is 1. The Morgan fingerprint density at radius 1 is 1.20 bits per heavy atom. The van der Waals surface area contributed by atoms with Crippen molar-refractivity contribution < 1.29 is 18.7 Å². The van der Waals surface area contributed by atoms with Crippen molar-refractivity contribution in [3.8, 4) is 0 Å². The molecule has 0 spiro atoms. The second kappa shape index (κ2) is 5.76. The molecule has 1 aromatic carbocycles. The number of carbonyl (C=O) groups is 1. The third-order valence-corrected chi connectivity index (χ3v) is 4.47. The lowest BCUT2D eigenvalue weighted by Gasteiger charge is -2.17. The van der Waals surface area contributed by atoms with Gasteiger partial charge < -0.3 is 10.0 Å². The first-order chi connectivity index (χ1) is 12.0. The molecule has 2 aromatic heterocycles. The van der Waals surface area contributed by atoms with E-state index in [-0.39, 0.29) is 18.7 Å². The van der Waals surface area contributed by atoms with Crippen molar-refractivity contribution in [2.45, 2.75) is 5.92 Å². The average molecular weight is 345 g/mol. The summed E-state index contributed by atoms with van der Waals surface area (Å²) < 4.78 is 28.8. The lowest BCUT2D eigenvalue weighted by molar-refractivity contribution is -0.141. The zero-order chi connectivity index (χ0) is 17.6. The Morgan fingerprint density at radius 2 is 2.04 bits per heavy atom. The minimum absolute atomic E-state index is 0.178. The van der Waals surface area contributed by atoms with E-state index in [1.54, 1.807) is 17.0 Å². The summed E-state index contributed by atoms with van der Waals surface area (Å²) in [4.78, 5) is 13.4. The minimum atomic E-state index is -1.03. The van der Waals surface area contributed by atoms with Crippen molar-refractivity contribution in [1.82, 2.24) is 19.8 Å². The summed E-state index contributed by atoms with van der Waals surface area (Å²) >= 11 is 0. The van der Waals surface area contributed by atoms with Crippen molar-refractivity contribution in [3.63, 3.8) is 0 Å². The van der Waals surface area contributed by atoms with Gasteiger partial charge in [-0.15, -0.1) is 15.3 Å². The van der Waals surface area contributed by atoms with Crippen LogP contribution in [0.15, 0.2) is 36.7 Å². The number of carboxylic acid groups (broad SMARTS) is 1. The highest BCUT2D eigenvalue weighted by molar-refractivity contribution is 5.74. The summed E-state index contributed by atoms with van der Waals surface area (Å²) in [5.41, 5.74) is 0.764. The zero-order valence-corrected chi connectivity index (χ0v) is 12.9. The zero-order valence-electron chi connectivity index (χ0n) is 12.9. The highest BCUT2D eigenvalue weighted by Gasteiger charge is 2.40. The van der Waals surface area contributed by atoms with Gasteiger partial charge >= 0.3 is 5.97 Å². The van der Waals surface area contributed by atoms with Gasteiger partial charge in [0.05, 0.1) is 5.92 Å². The van der Waals surface area contributed by atoms with E-state index in [1.165, 1.54) is 16.9 Å². The van der Waals surface area contributed by atoms with Crippen LogP contribution in [-0.4, -0.2) is 44.0 Å². The fourth-order valence-electron chi connectivity index (χ4n) is 3.25. The third-order valence-electron chi connectivity index (χ3n) is 4.47. The van der Waals surface area contributed by atoms with Gasteiger partial charge in [-0.1, -0.05) is 6.07 Å². The number of nitrogens with zero attached hydrogens (tertiary/aromatic N) is 5. The predicted molar refractivity (Wildman–Crippen MR) is 83.2 cm³/mol. The van der Waals surface area contributed by atoms with E-state index in [9.17, 15) is 18.7 Å². The Kier molecular flexibility index (Phi) is 3.56. The Balaban J connectivity index is 1.69. The van der Waals surface area contributed by atoms with Crippen LogP contribution < -0.4 is 4.90 Å². The Bertz CT molecular complexity index is 961. The van der Waals surface area contributed by atoms with Gasteiger partial charge in [0.1, 0.15) is 23.8 Å². The molecule has 1 saturated heterocycles. The lowest BCUT2D eigenvalue weighted by Crippen LogP contribution is -2.24. The molecule has 1 N–H and O–H groups in total.